The second kappa shape index (κ2) is 7.71. The number of hydrogen-bond acceptors (Lipinski definition) is 3. The fourth-order valence-electron chi connectivity index (χ4n) is 1.53. The highest BCUT2D eigenvalue weighted by molar-refractivity contribution is 5.94. The molecule has 1 amide bonds. The van der Waals surface area contributed by atoms with Crippen LogP contribution in [0.15, 0.2) is 24.3 Å². The van der Waals surface area contributed by atoms with Crippen molar-refractivity contribution in [3.63, 3.8) is 0 Å². The second-order valence-corrected chi connectivity index (χ2v) is 4.26. The van der Waals surface area contributed by atoms with Gasteiger partial charge in [0.05, 0.1) is 12.6 Å². The summed E-state index contributed by atoms with van der Waals surface area (Å²) in [5.74, 6) is 0.673. The molecule has 0 aliphatic carbocycles. The van der Waals surface area contributed by atoms with Gasteiger partial charge in [0.15, 0.2) is 0 Å². The zero-order chi connectivity index (χ0) is 13.4. The molecule has 4 nitrogen and oxygen atoms in total. The molecule has 4 heteroatoms. The van der Waals surface area contributed by atoms with Crippen LogP contribution in [-0.2, 0) is 4.79 Å². The second-order valence-electron chi connectivity index (χ2n) is 4.26. The molecule has 0 aliphatic heterocycles. The first-order valence-corrected chi connectivity index (χ1v) is 6.46. The minimum absolute atomic E-state index is 0.140. The Morgan fingerprint density at radius 1 is 1.28 bits per heavy atom. The summed E-state index contributed by atoms with van der Waals surface area (Å²) in [7, 11) is 0. The van der Waals surface area contributed by atoms with Gasteiger partial charge in [-0.3, -0.25) is 4.79 Å². The number of benzene rings is 1. The summed E-state index contributed by atoms with van der Waals surface area (Å²) in [5.41, 5.74) is 6.48. The lowest BCUT2D eigenvalue weighted by molar-refractivity contribution is -0.117. The van der Waals surface area contributed by atoms with E-state index in [1.165, 1.54) is 0 Å². The van der Waals surface area contributed by atoms with Gasteiger partial charge >= 0.3 is 0 Å². The summed E-state index contributed by atoms with van der Waals surface area (Å²) in [4.78, 5) is 11.7. The summed E-state index contributed by atoms with van der Waals surface area (Å²) < 4.78 is 5.46. The van der Waals surface area contributed by atoms with Crippen LogP contribution in [0.25, 0.3) is 0 Å². The molecule has 1 atom stereocenters. The molecule has 1 aromatic carbocycles. The molecule has 0 radical (unpaired) electrons. The zero-order valence-electron chi connectivity index (χ0n) is 11.1. The monoisotopic (exact) mass is 250 g/mol. The van der Waals surface area contributed by atoms with E-state index in [1.807, 2.05) is 31.2 Å². The highest BCUT2D eigenvalue weighted by atomic mass is 16.5. The largest absolute Gasteiger partial charge is 0.494 e. The van der Waals surface area contributed by atoms with E-state index in [-0.39, 0.29) is 5.91 Å². The average Bonchev–Trinajstić information content (AvgIpc) is 2.38. The fraction of sp³-hybridized carbons (Fsp3) is 0.500. The lowest BCUT2D eigenvalue weighted by Gasteiger charge is -2.11. The van der Waals surface area contributed by atoms with Gasteiger partial charge in [-0.2, -0.15) is 0 Å². The van der Waals surface area contributed by atoms with Crippen molar-refractivity contribution in [1.82, 2.24) is 0 Å². The molecule has 1 rings (SSSR count). The van der Waals surface area contributed by atoms with Crippen molar-refractivity contribution >= 4 is 11.6 Å². The van der Waals surface area contributed by atoms with Gasteiger partial charge in [0.2, 0.25) is 5.91 Å². The Labute approximate surface area is 109 Å². The van der Waals surface area contributed by atoms with E-state index >= 15 is 0 Å². The van der Waals surface area contributed by atoms with Gasteiger partial charge < -0.3 is 15.8 Å². The van der Waals surface area contributed by atoms with Crippen LogP contribution in [0.1, 0.15) is 33.1 Å². The Hall–Kier alpha value is -1.55. The van der Waals surface area contributed by atoms with Crippen LogP contribution in [0, 0.1) is 0 Å². The van der Waals surface area contributed by atoms with Crippen molar-refractivity contribution in [2.45, 2.75) is 39.2 Å². The van der Waals surface area contributed by atoms with Crippen molar-refractivity contribution in [3.8, 4) is 5.75 Å². The number of anilines is 1. The summed E-state index contributed by atoms with van der Waals surface area (Å²) >= 11 is 0. The number of ether oxygens (including phenoxy) is 1. The molecule has 0 aliphatic rings. The third kappa shape index (κ3) is 4.75. The Bertz CT molecular complexity index is 363. The summed E-state index contributed by atoms with van der Waals surface area (Å²) in [6.45, 7) is 4.77. The van der Waals surface area contributed by atoms with E-state index in [0.717, 1.165) is 24.3 Å². The van der Waals surface area contributed by atoms with E-state index in [1.54, 1.807) is 0 Å². The maximum atomic E-state index is 11.7. The van der Waals surface area contributed by atoms with Gasteiger partial charge in [0, 0.05) is 5.69 Å². The summed E-state index contributed by atoms with van der Waals surface area (Å²) in [6.07, 6.45) is 2.58. The predicted molar refractivity (Wildman–Crippen MR) is 73.7 cm³/mol. The van der Waals surface area contributed by atoms with E-state index < -0.39 is 6.04 Å². The first-order chi connectivity index (χ1) is 8.67. The highest BCUT2D eigenvalue weighted by Gasteiger charge is 2.11. The molecule has 0 unspecified atom stereocenters. The molecule has 3 N–H and O–H groups in total. The van der Waals surface area contributed by atoms with E-state index in [0.29, 0.717) is 13.0 Å². The third-order valence-electron chi connectivity index (χ3n) is 2.53. The molecule has 0 aromatic heterocycles. The minimum atomic E-state index is -0.439. The van der Waals surface area contributed by atoms with Gasteiger partial charge in [-0.15, -0.1) is 0 Å². The van der Waals surface area contributed by atoms with Crippen molar-refractivity contribution in [1.29, 1.82) is 0 Å². The minimum Gasteiger partial charge on any atom is -0.494 e. The topological polar surface area (TPSA) is 64.3 Å². The van der Waals surface area contributed by atoms with Crippen molar-refractivity contribution in [3.05, 3.63) is 24.3 Å². The fourth-order valence-corrected chi connectivity index (χ4v) is 1.53. The third-order valence-corrected chi connectivity index (χ3v) is 2.53. The van der Waals surface area contributed by atoms with E-state index in [2.05, 4.69) is 12.2 Å². The number of hydrogen-bond donors (Lipinski definition) is 2. The molecular formula is C14H22N2O2. The lowest BCUT2D eigenvalue weighted by atomic mass is 10.1. The number of carbonyl (C=O) groups excluding carboxylic acids is 1. The normalized spacial score (nSPS) is 11.9. The van der Waals surface area contributed by atoms with Gasteiger partial charge in [0.1, 0.15) is 5.75 Å². The van der Waals surface area contributed by atoms with Gasteiger partial charge in [-0.25, -0.2) is 0 Å². The zero-order valence-corrected chi connectivity index (χ0v) is 11.1. The highest BCUT2D eigenvalue weighted by Crippen LogP contribution is 2.16. The van der Waals surface area contributed by atoms with Crippen LogP contribution in [0.5, 0.6) is 5.75 Å². The lowest BCUT2D eigenvalue weighted by Crippen LogP contribution is -2.35. The molecule has 0 saturated heterocycles. The predicted octanol–water partition coefficient (Wildman–Crippen LogP) is 2.54. The van der Waals surface area contributed by atoms with Crippen molar-refractivity contribution in [2.75, 3.05) is 11.9 Å². The molecule has 18 heavy (non-hydrogen) atoms. The number of nitrogens with two attached hydrogens (primary N) is 1. The van der Waals surface area contributed by atoms with E-state index in [9.17, 15) is 4.79 Å². The standard InChI is InChI=1S/C14H22N2O2/c1-3-5-13(15)14(17)16-11-6-8-12(9-7-11)18-10-4-2/h6-9,13H,3-5,10,15H2,1-2H3,(H,16,17)/t13-/m0/s1. The first kappa shape index (κ1) is 14.5. The van der Waals surface area contributed by atoms with Crippen LogP contribution < -0.4 is 15.8 Å². The smallest absolute Gasteiger partial charge is 0.241 e. The summed E-state index contributed by atoms with van der Waals surface area (Å²) in [6, 6.07) is 6.89. The maximum Gasteiger partial charge on any atom is 0.241 e. The SMILES string of the molecule is CCCOc1ccc(NC(=O)[C@@H](N)CCC)cc1. The number of nitrogens with one attached hydrogen (secondary N) is 1. The first-order valence-electron chi connectivity index (χ1n) is 6.46. The Kier molecular flexibility index (Phi) is 6.22. The number of rotatable bonds is 7. The molecule has 100 valence electrons. The van der Waals surface area contributed by atoms with Crippen LogP contribution in [-0.4, -0.2) is 18.6 Å². The van der Waals surface area contributed by atoms with Crippen molar-refractivity contribution in [2.24, 2.45) is 5.73 Å². The van der Waals surface area contributed by atoms with Gasteiger partial charge in [-0.05, 0) is 37.1 Å². The molecule has 1 aromatic rings. The van der Waals surface area contributed by atoms with Crippen LogP contribution >= 0.6 is 0 Å². The molecule has 0 saturated carbocycles. The number of carbonyl (C=O) groups is 1. The van der Waals surface area contributed by atoms with Crippen LogP contribution in [0.2, 0.25) is 0 Å². The van der Waals surface area contributed by atoms with Crippen LogP contribution in [0.4, 0.5) is 5.69 Å². The Morgan fingerprint density at radius 2 is 1.94 bits per heavy atom. The van der Waals surface area contributed by atoms with Crippen LogP contribution in [0.3, 0.4) is 0 Å². The average molecular weight is 250 g/mol. The van der Waals surface area contributed by atoms with Crippen molar-refractivity contribution < 1.29 is 9.53 Å². The Balaban J connectivity index is 2.50. The van der Waals surface area contributed by atoms with Gasteiger partial charge in [0.25, 0.3) is 0 Å². The molecule has 0 heterocycles. The molecule has 0 spiro atoms. The maximum absolute atomic E-state index is 11.7. The van der Waals surface area contributed by atoms with Gasteiger partial charge in [-0.1, -0.05) is 20.3 Å². The summed E-state index contributed by atoms with van der Waals surface area (Å²) in [5, 5.41) is 2.79. The number of amides is 1. The molecule has 0 fully saturated rings. The molecule has 0 bridgehead atoms. The Morgan fingerprint density at radius 3 is 2.50 bits per heavy atom. The molecular weight excluding hydrogens is 228 g/mol. The quantitative estimate of drug-likeness (QED) is 0.781. The van der Waals surface area contributed by atoms with E-state index in [4.69, 9.17) is 10.5 Å².